The molecule has 0 fully saturated rings. The lowest BCUT2D eigenvalue weighted by molar-refractivity contribution is 0.381. The van der Waals surface area contributed by atoms with Crippen LogP contribution < -0.4 is 0 Å². The van der Waals surface area contributed by atoms with E-state index in [-0.39, 0.29) is 6.07 Å². The molecule has 0 amide bonds. The van der Waals surface area contributed by atoms with Gasteiger partial charge in [-0.05, 0) is 6.07 Å². The molecule has 0 heterocycles. The lowest BCUT2D eigenvalue weighted by Gasteiger charge is -2.04. The quantitative estimate of drug-likeness (QED) is 0.292. The number of hydrogen-bond acceptors (Lipinski definition) is 0. The topological polar surface area (TPSA) is 0 Å². The van der Waals surface area contributed by atoms with Crippen LogP contribution in [0.25, 0.3) is 0 Å². The number of halogens is 6. The summed E-state index contributed by atoms with van der Waals surface area (Å²) in [6.07, 6.45) is 0. The molecule has 72 valence electrons. The van der Waals surface area contributed by atoms with Crippen LogP contribution in [0.3, 0.4) is 0 Å². The summed E-state index contributed by atoms with van der Waals surface area (Å²) in [7, 11) is 0. The summed E-state index contributed by atoms with van der Waals surface area (Å²) in [4.78, 5) is 0. The van der Waals surface area contributed by atoms with Crippen molar-refractivity contribution in [2.24, 2.45) is 0 Å². The van der Waals surface area contributed by atoms with Crippen LogP contribution in [0, 0.1) is 23.3 Å². The average Bonchev–Trinajstić information content (AvgIpc) is 2.07. The minimum absolute atomic E-state index is 0.172. The highest BCUT2D eigenvalue weighted by Gasteiger charge is 2.22. The van der Waals surface area contributed by atoms with Crippen molar-refractivity contribution in [2.45, 2.75) is 5.63 Å². The van der Waals surface area contributed by atoms with Crippen molar-refractivity contribution in [3.63, 3.8) is 0 Å². The zero-order chi connectivity index (χ0) is 10.2. The normalized spacial score (nSPS) is 13.1. The second-order valence-corrected chi connectivity index (χ2v) is 2.57. The fourth-order valence-electron chi connectivity index (χ4n) is 0.750. The highest BCUT2D eigenvalue weighted by Crippen LogP contribution is 2.28. The maximum Gasteiger partial charge on any atom is 0.201 e. The van der Waals surface area contributed by atoms with Crippen molar-refractivity contribution < 1.29 is 22.0 Å². The van der Waals surface area contributed by atoms with E-state index in [0.29, 0.717) is 0 Å². The SMILES string of the molecule is Fc1cc(C(F)Cl)c(F)c(F)c1F. The first kappa shape index (κ1) is 10.2. The molecule has 0 aliphatic heterocycles. The van der Waals surface area contributed by atoms with Gasteiger partial charge in [-0.2, -0.15) is 0 Å². The molecule has 13 heavy (non-hydrogen) atoms. The van der Waals surface area contributed by atoms with E-state index in [1.165, 1.54) is 0 Å². The van der Waals surface area contributed by atoms with Crippen LogP contribution in [0.2, 0.25) is 0 Å². The Hall–Kier alpha value is -0.840. The summed E-state index contributed by atoms with van der Waals surface area (Å²) < 4.78 is 61.9. The first-order chi connectivity index (χ1) is 5.95. The van der Waals surface area contributed by atoms with Crippen LogP contribution in [0.4, 0.5) is 22.0 Å². The van der Waals surface area contributed by atoms with Crippen molar-refractivity contribution in [1.82, 2.24) is 0 Å². The summed E-state index contributed by atoms with van der Waals surface area (Å²) in [5.41, 5.74) is -3.47. The predicted octanol–water partition coefficient (Wildman–Crippen LogP) is 3.45. The van der Waals surface area contributed by atoms with Gasteiger partial charge in [0.25, 0.3) is 0 Å². The zero-order valence-electron chi connectivity index (χ0n) is 5.92. The van der Waals surface area contributed by atoms with E-state index >= 15 is 0 Å². The Bertz CT molecular complexity index is 336. The Morgan fingerprint density at radius 1 is 1.00 bits per heavy atom. The molecular weight excluding hydrogens is 215 g/mol. The number of rotatable bonds is 1. The molecular formula is C7H2ClF5. The Morgan fingerprint density at radius 2 is 1.54 bits per heavy atom. The van der Waals surface area contributed by atoms with Gasteiger partial charge < -0.3 is 0 Å². The molecule has 0 saturated heterocycles. The number of benzene rings is 1. The Kier molecular flexibility index (Phi) is 2.75. The molecule has 1 atom stereocenters. The van der Waals surface area contributed by atoms with E-state index in [9.17, 15) is 22.0 Å². The van der Waals surface area contributed by atoms with Gasteiger partial charge in [0.05, 0.1) is 0 Å². The van der Waals surface area contributed by atoms with Crippen molar-refractivity contribution >= 4 is 11.6 Å². The monoisotopic (exact) mass is 216 g/mol. The second-order valence-electron chi connectivity index (χ2n) is 2.19. The number of alkyl halides is 2. The molecule has 0 N–H and O–H groups in total. The van der Waals surface area contributed by atoms with Gasteiger partial charge in [0.1, 0.15) is 0 Å². The van der Waals surface area contributed by atoms with Crippen molar-refractivity contribution in [3.05, 3.63) is 34.9 Å². The Labute approximate surface area is 74.9 Å². The molecule has 1 rings (SSSR count). The van der Waals surface area contributed by atoms with Gasteiger partial charge in [-0.1, -0.05) is 11.6 Å². The van der Waals surface area contributed by atoms with Crippen molar-refractivity contribution in [1.29, 1.82) is 0 Å². The van der Waals surface area contributed by atoms with Crippen LogP contribution in [-0.2, 0) is 0 Å². The van der Waals surface area contributed by atoms with Gasteiger partial charge in [-0.3, -0.25) is 0 Å². The summed E-state index contributed by atoms with van der Waals surface area (Å²) in [5, 5.41) is 0. The Balaban J connectivity index is 3.41. The minimum atomic E-state index is -2.41. The van der Waals surface area contributed by atoms with Crippen molar-refractivity contribution in [3.8, 4) is 0 Å². The van der Waals surface area contributed by atoms with E-state index < -0.39 is 34.5 Å². The van der Waals surface area contributed by atoms with Gasteiger partial charge >= 0.3 is 0 Å². The highest BCUT2D eigenvalue weighted by molar-refractivity contribution is 6.19. The van der Waals surface area contributed by atoms with Gasteiger partial charge in [0.2, 0.25) is 5.63 Å². The fraction of sp³-hybridized carbons (Fsp3) is 0.143. The Morgan fingerprint density at radius 3 is 2.00 bits per heavy atom. The lowest BCUT2D eigenvalue weighted by atomic mass is 10.2. The maximum absolute atomic E-state index is 12.6. The molecule has 0 bridgehead atoms. The van der Waals surface area contributed by atoms with Crippen LogP contribution in [-0.4, -0.2) is 0 Å². The maximum atomic E-state index is 12.6. The average molecular weight is 217 g/mol. The van der Waals surface area contributed by atoms with E-state index in [4.69, 9.17) is 11.6 Å². The molecule has 1 aromatic carbocycles. The molecule has 0 aliphatic carbocycles. The molecule has 0 nitrogen and oxygen atoms in total. The smallest absolute Gasteiger partial charge is 0.201 e. The van der Waals surface area contributed by atoms with Crippen LogP contribution in [0.1, 0.15) is 11.2 Å². The lowest BCUT2D eigenvalue weighted by Crippen LogP contribution is -2.01. The summed E-state index contributed by atoms with van der Waals surface area (Å²) in [6.45, 7) is 0. The summed E-state index contributed by atoms with van der Waals surface area (Å²) >= 11 is 4.74. The first-order valence-corrected chi connectivity index (χ1v) is 3.49. The van der Waals surface area contributed by atoms with E-state index in [0.717, 1.165) is 0 Å². The van der Waals surface area contributed by atoms with Gasteiger partial charge in [-0.15, -0.1) is 0 Å². The van der Waals surface area contributed by atoms with Gasteiger partial charge in [0.15, 0.2) is 23.3 Å². The van der Waals surface area contributed by atoms with E-state index in [2.05, 4.69) is 0 Å². The molecule has 0 spiro atoms. The van der Waals surface area contributed by atoms with Crippen LogP contribution in [0.15, 0.2) is 6.07 Å². The molecule has 6 heteroatoms. The van der Waals surface area contributed by atoms with E-state index in [1.807, 2.05) is 0 Å². The fourth-order valence-corrected chi connectivity index (χ4v) is 0.909. The first-order valence-electron chi connectivity index (χ1n) is 3.06. The summed E-state index contributed by atoms with van der Waals surface area (Å²) in [6, 6.07) is 0.172. The zero-order valence-corrected chi connectivity index (χ0v) is 6.68. The third-order valence-electron chi connectivity index (χ3n) is 1.37. The molecule has 0 aromatic heterocycles. The molecule has 0 saturated carbocycles. The largest absolute Gasteiger partial charge is 0.225 e. The van der Waals surface area contributed by atoms with E-state index in [1.54, 1.807) is 0 Å². The van der Waals surface area contributed by atoms with Gasteiger partial charge in [0, 0.05) is 5.56 Å². The van der Waals surface area contributed by atoms with Crippen molar-refractivity contribution in [2.75, 3.05) is 0 Å². The molecule has 0 aliphatic rings. The third-order valence-corrected chi connectivity index (χ3v) is 1.60. The standard InChI is InChI=1S/C7H2ClF5/c8-7(13)2-1-3(9)5(11)6(12)4(2)10/h1,7H. The van der Waals surface area contributed by atoms with Crippen LogP contribution >= 0.6 is 11.6 Å². The molecule has 0 radical (unpaired) electrons. The third kappa shape index (κ3) is 1.75. The second kappa shape index (κ2) is 3.49. The molecule has 1 unspecified atom stereocenters. The number of hydrogen-bond donors (Lipinski definition) is 0. The van der Waals surface area contributed by atoms with Gasteiger partial charge in [-0.25, -0.2) is 22.0 Å². The van der Waals surface area contributed by atoms with Crippen LogP contribution in [0.5, 0.6) is 0 Å². The predicted molar refractivity (Wildman–Crippen MR) is 36.0 cm³/mol. The highest BCUT2D eigenvalue weighted by atomic mass is 35.5. The molecule has 1 aromatic rings. The minimum Gasteiger partial charge on any atom is -0.225 e. The summed E-state index contributed by atoms with van der Waals surface area (Å²) in [5.74, 6) is -7.56.